The van der Waals surface area contributed by atoms with Crippen molar-refractivity contribution in [3.63, 3.8) is 0 Å². The van der Waals surface area contributed by atoms with E-state index in [0.717, 1.165) is 59.5 Å². The summed E-state index contributed by atoms with van der Waals surface area (Å²) in [6.07, 6.45) is 1.87. The number of carbonyl (C=O) groups is 1. The summed E-state index contributed by atoms with van der Waals surface area (Å²) in [5.74, 6) is 0.301. The molecule has 1 aliphatic rings. The highest BCUT2D eigenvalue weighted by molar-refractivity contribution is 6.07. The molecule has 4 N–H and O–H groups in total. The first-order chi connectivity index (χ1) is 18.6. The normalized spacial score (nSPS) is 14.2. The van der Waals surface area contributed by atoms with E-state index in [-0.39, 0.29) is 12.5 Å². The van der Waals surface area contributed by atoms with E-state index in [1.54, 1.807) is 0 Å². The van der Waals surface area contributed by atoms with Crippen LogP contribution in [-0.4, -0.2) is 65.1 Å². The molecule has 3 heterocycles. The highest BCUT2D eigenvalue weighted by Crippen LogP contribution is 2.32. The summed E-state index contributed by atoms with van der Waals surface area (Å²) >= 11 is 0. The Morgan fingerprint density at radius 3 is 2.29 bits per heavy atom. The molecule has 0 atom stereocenters. The molecule has 38 heavy (non-hydrogen) atoms. The van der Waals surface area contributed by atoms with Gasteiger partial charge in [0.2, 0.25) is 11.9 Å². The molecule has 0 radical (unpaired) electrons. The van der Waals surface area contributed by atoms with Gasteiger partial charge in [-0.1, -0.05) is 18.2 Å². The number of benzene rings is 3. The Bertz CT molecular complexity index is 1590. The van der Waals surface area contributed by atoms with Crippen LogP contribution in [0.4, 0.5) is 23.0 Å². The maximum atomic E-state index is 11.7. The Balaban J connectivity index is 1.31. The minimum Gasteiger partial charge on any atom is -0.369 e. The number of likely N-dealkylation sites (N-methyl/N-ethyl adjacent to an activating group) is 1. The molecule has 1 aliphatic heterocycles. The lowest BCUT2D eigenvalue weighted by atomic mass is 10.2. The number of nitrogens with one attached hydrogen (secondary N) is 2. The van der Waals surface area contributed by atoms with Gasteiger partial charge in [-0.05, 0) is 61.6 Å². The monoisotopic (exact) mass is 506 g/mol. The molecule has 2 aromatic heterocycles. The molecule has 0 aliphatic carbocycles. The molecule has 1 amide bonds. The average molecular weight is 507 g/mol. The van der Waals surface area contributed by atoms with Crippen molar-refractivity contribution < 1.29 is 4.79 Å². The van der Waals surface area contributed by atoms with Crippen LogP contribution in [0.5, 0.6) is 0 Å². The van der Waals surface area contributed by atoms with E-state index in [1.807, 2.05) is 42.6 Å². The number of amides is 1. The molecular formula is C29H30N8O. The first kappa shape index (κ1) is 23.9. The zero-order valence-electron chi connectivity index (χ0n) is 21.3. The van der Waals surface area contributed by atoms with Crippen molar-refractivity contribution in [3.8, 4) is 5.69 Å². The van der Waals surface area contributed by atoms with Crippen molar-refractivity contribution in [1.29, 1.82) is 0 Å². The smallest absolute Gasteiger partial charge is 0.238 e. The molecule has 0 bridgehead atoms. The molecule has 1 saturated heterocycles. The Hall–Kier alpha value is -4.47. The fraction of sp³-hybridized carbons (Fsp3) is 0.207. The van der Waals surface area contributed by atoms with Gasteiger partial charge >= 0.3 is 0 Å². The van der Waals surface area contributed by atoms with Gasteiger partial charge < -0.3 is 26.2 Å². The summed E-state index contributed by atoms with van der Waals surface area (Å²) in [7, 11) is 2.17. The number of fused-ring (bicyclic) bond motifs is 3. The lowest BCUT2D eigenvalue weighted by Gasteiger charge is -2.34. The van der Waals surface area contributed by atoms with Gasteiger partial charge in [-0.15, -0.1) is 0 Å². The fourth-order valence-electron chi connectivity index (χ4n) is 4.92. The second-order valence-electron chi connectivity index (χ2n) is 9.54. The zero-order chi connectivity index (χ0) is 26.1. The Kier molecular flexibility index (Phi) is 6.36. The van der Waals surface area contributed by atoms with E-state index in [4.69, 9.17) is 10.7 Å². The van der Waals surface area contributed by atoms with Gasteiger partial charge in [-0.3, -0.25) is 9.36 Å². The van der Waals surface area contributed by atoms with E-state index in [9.17, 15) is 4.79 Å². The molecule has 6 rings (SSSR count). The van der Waals surface area contributed by atoms with Crippen molar-refractivity contribution >= 4 is 50.9 Å². The van der Waals surface area contributed by atoms with E-state index in [2.05, 4.69) is 73.4 Å². The van der Waals surface area contributed by atoms with Gasteiger partial charge in [0, 0.05) is 65.9 Å². The predicted octanol–water partition coefficient (Wildman–Crippen LogP) is 3.97. The van der Waals surface area contributed by atoms with E-state index in [0.29, 0.717) is 11.6 Å². The summed E-state index contributed by atoms with van der Waals surface area (Å²) in [6, 6.07) is 24.3. The summed E-state index contributed by atoms with van der Waals surface area (Å²) < 4.78 is 2.11. The number of hydrogen-bond donors (Lipinski definition) is 3. The topological polar surface area (TPSA) is 104 Å². The van der Waals surface area contributed by atoms with Gasteiger partial charge in [0.1, 0.15) is 0 Å². The number of para-hydroxylation sites is 1. The average Bonchev–Trinajstić information content (AvgIpc) is 3.28. The molecule has 3 aromatic carbocycles. The Morgan fingerprint density at radius 2 is 1.55 bits per heavy atom. The van der Waals surface area contributed by atoms with Gasteiger partial charge in [-0.2, -0.15) is 4.98 Å². The number of piperazine rings is 1. The van der Waals surface area contributed by atoms with E-state index < -0.39 is 0 Å². The molecule has 192 valence electrons. The van der Waals surface area contributed by atoms with Crippen LogP contribution in [0.3, 0.4) is 0 Å². The van der Waals surface area contributed by atoms with Gasteiger partial charge in [0.05, 0.1) is 12.1 Å². The van der Waals surface area contributed by atoms with Crippen LogP contribution < -0.4 is 21.3 Å². The maximum absolute atomic E-state index is 11.7. The summed E-state index contributed by atoms with van der Waals surface area (Å²) in [5.41, 5.74) is 11.1. The number of hydrogen-bond acceptors (Lipinski definition) is 7. The standard InChI is InChI=1S/C29H30N8O/c1-35-14-16-36(17-15-35)22-10-6-21(7-11-22)33-29-31-19-25-24-4-2-3-5-26(24)37(28(25)34-29)23-12-8-20(9-13-23)32-27(38)18-30/h2-13,19H,14-18,30H2,1H3,(H,32,38)(H,31,33,34). The van der Waals surface area contributed by atoms with Crippen LogP contribution in [0.25, 0.3) is 27.6 Å². The van der Waals surface area contributed by atoms with Crippen molar-refractivity contribution in [2.24, 2.45) is 5.73 Å². The highest BCUT2D eigenvalue weighted by atomic mass is 16.1. The second kappa shape index (κ2) is 10.1. The quantitative estimate of drug-likeness (QED) is 0.320. The zero-order valence-corrected chi connectivity index (χ0v) is 21.3. The number of rotatable bonds is 6. The van der Waals surface area contributed by atoms with E-state index in [1.165, 1.54) is 5.69 Å². The summed E-state index contributed by atoms with van der Waals surface area (Å²) in [4.78, 5) is 26.0. The minimum absolute atomic E-state index is 0.0557. The molecule has 0 spiro atoms. The Labute approximate surface area is 220 Å². The maximum Gasteiger partial charge on any atom is 0.238 e. The fourth-order valence-corrected chi connectivity index (χ4v) is 4.92. The number of nitrogens with two attached hydrogens (primary N) is 1. The second-order valence-corrected chi connectivity index (χ2v) is 9.54. The largest absolute Gasteiger partial charge is 0.369 e. The van der Waals surface area contributed by atoms with Gasteiger partial charge in [0.15, 0.2) is 5.65 Å². The first-order valence-electron chi connectivity index (χ1n) is 12.8. The van der Waals surface area contributed by atoms with E-state index >= 15 is 0 Å². The van der Waals surface area contributed by atoms with Crippen molar-refractivity contribution in [1.82, 2.24) is 19.4 Å². The van der Waals surface area contributed by atoms with Gasteiger partial charge in [-0.25, -0.2) is 4.98 Å². The first-order valence-corrected chi connectivity index (χ1v) is 12.8. The van der Waals surface area contributed by atoms with Crippen LogP contribution in [0.15, 0.2) is 79.0 Å². The molecule has 0 unspecified atom stereocenters. The highest BCUT2D eigenvalue weighted by Gasteiger charge is 2.16. The molecule has 0 saturated carbocycles. The third kappa shape index (κ3) is 4.65. The molecule has 9 nitrogen and oxygen atoms in total. The van der Waals surface area contributed by atoms with Crippen LogP contribution >= 0.6 is 0 Å². The van der Waals surface area contributed by atoms with Crippen LogP contribution in [0.2, 0.25) is 0 Å². The third-order valence-electron chi connectivity index (χ3n) is 7.00. The lowest BCUT2D eigenvalue weighted by molar-refractivity contribution is -0.114. The minimum atomic E-state index is -0.227. The SMILES string of the molecule is CN1CCN(c2ccc(Nc3ncc4c5ccccc5n(-c5ccc(NC(=O)CN)cc5)c4n3)cc2)CC1. The van der Waals surface area contributed by atoms with Crippen molar-refractivity contribution in [2.75, 3.05) is 55.3 Å². The molecule has 5 aromatic rings. The van der Waals surface area contributed by atoms with Gasteiger partial charge in [0.25, 0.3) is 0 Å². The number of carbonyl (C=O) groups excluding carboxylic acids is 1. The number of nitrogens with zero attached hydrogens (tertiary/aromatic N) is 5. The van der Waals surface area contributed by atoms with Crippen LogP contribution in [0, 0.1) is 0 Å². The predicted molar refractivity (Wildman–Crippen MR) is 153 cm³/mol. The molecule has 9 heteroatoms. The van der Waals surface area contributed by atoms with Crippen molar-refractivity contribution in [3.05, 3.63) is 79.0 Å². The summed E-state index contributed by atoms with van der Waals surface area (Å²) in [6.45, 7) is 4.17. The van der Waals surface area contributed by atoms with Crippen molar-refractivity contribution in [2.45, 2.75) is 0 Å². The third-order valence-corrected chi connectivity index (χ3v) is 7.00. The Morgan fingerprint density at radius 1 is 0.868 bits per heavy atom. The molecule has 1 fully saturated rings. The van der Waals surface area contributed by atoms with Crippen LogP contribution in [0.1, 0.15) is 0 Å². The lowest BCUT2D eigenvalue weighted by Crippen LogP contribution is -2.44. The number of aromatic nitrogens is 3. The summed E-state index contributed by atoms with van der Waals surface area (Å²) in [5, 5.41) is 8.20. The number of anilines is 4. The van der Waals surface area contributed by atoms with Crippen LogP contribution in [-0.2, 0) is 4.79 Å². The molecular weight excluding hydrogens is 476 g/mol.